The van der Waals surface area contributed by atoms with Gasteiger partial charge in [-0.3, -0.25) is 14.3 Å². The molecule has 0 atom stereocenters. The molecule has 36 heavy (non-hydrogen) atoms. The number of aliphatic hydroxyl groups is 2. The first kappa shape index (κ1) is 26.2. The third-order valence-electron chi connectivity index (χ3n) is 7.37. The summed E-state index contributed by atoms with van der Waals surface area (Å²) >= 11 is 6.40. The van der Waals surface area contributed by atoms with Crippen molar-refractivity contribution in [2.75, 3.05) is 0 Å². The fourth-order valence-electron chi connectivity index (χ4n) is 5.76. The van der Waals surface area contributed by atoms with Crippen LogP contribution in [0, 0.1) is 24.7 Å². The summed E-state index contributed by atoms with van der Waals surface area (Å²) in [5.41, 5.74) is 2.59. The molecule has 4 rings (SSSR count). The largest absolute Gasteiger partial charge is 0.512 e. The van der Waals surface area contributed by atoms with Crippen molar-refractivity contribution in [2.45, 2.75) is 79.7 Å². The van der Waals surface area contributed by atoms with Crippen molar-refractivity contribution in [2.24, 2.45) is 10.8 Å². The second-order valence-electron chi connectivity index (χ2n) is 11.9. The van der Waals surface area contributed by atoms with Crippen molar-refractivity contribution in [3.63, 3.8) is 0 Å². The zero-order valence-electron chi connectivity index (χ0n) is 21.9. The minimum absolute atomic E-state index is 0.0168. The Labute approximate surface area is 217 Å². The van der Waals surface area contributed by atoms with E-state index in [-0.39, 0.29) is 57.9 Å². The Morgan fingerprint density at radius 2 is 1.42 bits per heavy atom. The standard InChI is InChI=1S/C29H35ClN2O4/c1-16-24(17(2)32(31-16)15-18-9-7-8-10-19(18)30)27(25-20(33)11-28(3,4)12-21(25)34)26-22(35)13-29(5,6)14-23(26)36/h7-10,27,33,35H,11-15H2,1-6H3. The molecule has 0 saturated heterocycles. The molecule has 0 fully saturated rings. The minimum Gasteiger partial charge on any atom is -0.512 e. The SMILES string of the molecule is Cc1nn(Cc2ccccc2Cl)c(C)c1C(C1=C(O)CC(C)(C)CC1=O)C1=C(O)CC(C)(C)CC1=O. The molecule has 192 valence electrons. The third kappa shape index (κ3) is 4.88. The van der Waals surface area contributed by atoms with Gasteiger partial charge < -0.3 is 10.2 Å². The molecule has 0 radical (unpaired) electrons. The van der Waals surface area contributed by atoms with Crippen molar-refractivity contribution < 1.29 is 19.8 Å². The molecule has 0 spiro atoms. The molecular weight excluding hydrogens is 476 g/mol. The summed E-state index contributed by atoms with van der Waals surface area (Å²) in [7, 11) is 0. The molecule has 1 heterocycles. The van der Waals surface area contributed by atoms with Crippen LogP contribution in [0.2, 0.25) is 5.02 Å². The first-order valence-corrected chi connectivity index (χ1v) is 12.8. The van der Waals surface area contributed by atoms with E-state index in [0.29, 0.717) is 35.7 Å². The quantitative estimate of drug-likeness (QED) is 0.467. The van der Waals surface area contributed by atoms with Gasteiger partial charge in [0.05, 0.1) is 18.2 Å². The van der Waals surface area contributed by atoms with Crippen LogP contribution in [-0.4, -0.2) is 31.6 Å². The molecule has 0 unspecified atom stereocenters. The fourth-order valence-corrected chi connectivity index (χ4v) is 5.96. The van der Waals surface area contributed by atoms with Gasteiger partial charge in [-0.15, -0.1) is 0 Å². The first-order chi connectivity index (χ1) is 16.7. The third-order valence-corrected chi connectivity index (χ3v) is 7.74. The molecule has 2 N–H and O–H groups in total. The number of aryl methyl sites for hydroxylation is 1. The lowest BCUT2D eigenvalue weighted by molar-refractivity contribution is -0.119. The van der Waals surface area contributed by atoms with Gasteiger partial charge in [-0.25, -0.2) is 0 Å². The van der Waals surface area contributed by atoms with Gasteiger partial charge in [0.2, 0.25) is 0 Å². The lowest BCUT2D eigenvalue weighted by Crippen LogP contribution is -2.34. The van der Waals surface area contributed by atoms with Gasteiger partial charge in [-0.05, 0) is 36.3 Å². The van der Waals surface area contributed by atoms with Crippen molar-refractivity contribution in [3.8, 4) is 0 Å². The maximum absolute atomic E-state index is 13.5. The van der Waals surface area contributed by atoms with Crippen molar-refractivity contribution >= 4 is 23.2 Å². The highest BCUT2D eigenvalue weighted by atomic mass is 35.5. The molecule has 0 aliphatic heterocycles. The van der Waals surface area contributed by atoms with Crippen LogP contribution in [0.3, 0.4) is 0 Å². The summed E-state index contributed by atoms with van der Waals surface area (Å²) < 4.78 is 1.81. The number of aromatic nitrogens is 2. The van der Waals surface area contributed by atoms with Gasteiger partial charge in [0.1, 0.15) is 11.5 Å². The second kappa shape index (κ2) is 9.22. The zero-order chi connectivity index (χ0) is 26.6. The smallest absolute Gasteiger partial charge is 0.163 e. The van der Waals surface area contributed by atoms with Crippen LogP contribution >= 0.6 is 11.6 Å². The van der Waals surface area contributed by atoms with E-state index in [0.717, 1.165) is 11.3 Å². The highest BCUT2D eigenvalue weighted by molar-refractivity contribution is 6.31. The van der Waals surface area contributed by atoms with E-state index < -0.39 is 5.92 Å². The van der Waals surface area contributed by atoms with E-state index in [1.165, 1.54) is 0 Å². The Balaban J connectivity index is 1.93. The summed E-state index contributed by atoms with van der Waals surface area (Å²) in [5, 5.41) is 27.7. The monoisotopic (exact) mass is 510 g/mol. The Morgan fingerprint density at radius 1 is 0.917 bits per heavy atom. The van der Waals surface area contributed by atoms with Crippen LogP contribution in [-0.2, 0) is 16.1 Å². The minimum atomic E-state index is -0.878. The van der Waals surface area contributed by atoms with Gasteiger partial charge in [0.15, 0.2) is 11.6 Å². The number of benzene rings is 1. The molecule has 1 aromatic carbocycles. The van der Waals surface area contributed by atoms with Gasteiger partial charge >= 0.3 is 0 Å². The number of carbonyl (C=O) groups is 2. The van der Waals surface area contributed by atoms with Gasteiger partial charge in [-0.1, -0.05) is 57.5 Å². The van der Waals surface area contributed by atoms with E-state index in [4.69, 9.17) is 16.7 Å². The van der Waals surface area contributed by atoms with Crippen LogP contribution in [0.1, 0.15) is 81.8 Å². The lowest BCUT2D eigenvalue weighted by atomic mass is 9.66. The predicted molar refractivity (Wildman–Crippen MR) is 140 cm³/mol. The molecule has 7 heteroatoms. The van der Waals surface area contributed by atoms with Crippen molar-refractivity contribution in [1.82, 2.24) is 9.78 Å². The van der Waals surface area contributed by atoms with E-state index in [1.807, 2.05) is 70.5 Å². The summed E-state index contributed by atoms with van der Waals surface area (Å²) in [6.07, 6.45) is 1.15. The summed E-state index contributed by atoms with van der Waals surface area (Å²) in [5.74, 6) is -1.32. The first-order valence-electron chi connectivity index (χ1n) is 12.4. The molecule has 2 aliphatic rings. The lowest BCUT2D eigenvalue weighted by Gasteiger charge is -2.36. The van der Waals surface area contributed by atoms with Crippen molar-refractivity contribution in [1.29, 1.82) is 0 Å². The Kier molecular flexibility index (Phi) is 6.71. The molecule has 2 aliphatic carbocycles. The number of aliphatic hydroxyl groups excluding tert-OH is 2. The maximum atomic E-state index is 13.5. The highest BCUT2D eigenvalue weighted by Crippen LogP contribution is 2.49. The summed E-state index contributed by atoms with van der Waals surface area (Å²) in [4.78, 5) is 27.0. The topological polar surface area (TPSA) is 92.4 Å². The molecule has 6 nitrogen and oxygen atoms in total. The molecule has 0 amide bonds. The summed E-state index contributed by atoms with van der Waals surface area (Å²) in [6, 6.07) is 7.53. The van der Waals surface area contributed by atoms with Gasteiger partial charge in [0, 0.05) is 53.1 Å². The van der Waals surface area contributed by atoms with E-state index >= 15 is 0 Å². The van der Waals surface area contributed by atoms with Crippen LogP contribution in [0.4, 0.5) is 0 Å². The number of rotatable bonds is 5. The van der Waals surface area contributed by atoms with Gasteiger partial charge in [-0.2, -0.15) is 5.10 Å². The molecule has 2 aromatic rings. The number of ketones is 2. The average Bonchev–Trinajstić information content (AvgIpc) is 2.98. The highest BCUT2D eigenvalue weighted by Gasteiger charge is 2.45. The number of hydrogen-bond acceptors (Lipinski definition) is 5. The van der Waals surface area contributed by atoms with E-state index in [1.54, 1.807) is 0 Å². The van der Waals surface area contributed by atoms with Crippen molar-refractivity contribution in [3.05, 3.63) is 74.5 Å². The number of halogens is 1. The van der Waals surface area contributed by atoms with Crippen LogP contribution in [0.5, 0.6) is 0 Å². The average molecular weight is 511 g/mol. The van der Waals surface area contributed by atoms with E-state index in [9.17, 15) is 19.8 Å². The number of nitrogens with zero attached hydrogens (tertiary/aromatic N) is 2. The Morgan fingerprint density at radius 3 is 1.89 bits per heavy atom. The number of allylic oxidation sites excluding steroid dienone is 4. The number of hydrogen-bond donors (Lipinski definition) is 2. The predicted octanol–water partition coefficient (Wildman–Crippen LogP) is 6.69. The fraction of sp³-hybridized carbons (Fsp3) is 0.483. The molecule has 1 aromatic heterocycles. The number of carbonyl (C=O) groups excluding carboxylic acids is 2. The van der Waals surface area contributed by atoms with Crippen LogP contribution in [0.25, 0.3) is 0 Å². The van der Waals surface area contributed by atoms with Crippen LogP contribution in [0.15, 0.2) is 46.9 Å². The molecule has 0 saturated carbocycles. The Hall–Kier alpha value is -2.86. The normalized spacial score (nSPS) is 20.0. The van der Waals surface area contributed by atoms with Crippen LogP contribution < -0.4 is 0 Å². The second-order valence-corrected chi connectivity index (χ2v) is 12.3. The Bertz CT molecular complexity index is 1260. The molecular formula is C29H35ClN2O4. The maximum Gasteiger partial charge on any atom is 0.163 e. The van der Waals surface area contributed by atoms with Gasteiger partial charge in [0.25, 0.3) is 0 Å². The van der Waals surface area contributed by atoms with E-state index in [2.05, 4.69) is 0 Å². The summed E-state index contributed by atoms with van der Waals surface area (Å²) in [6.45, 7) is 11.9. The zero-order valence-corrected chi connectivity index (χ0v) is 22.7. The molecule has 0 bridgehead atoms. The number of Topliss-reactive ketones (excluding diaryl/α,β-unsaturated/α-hetero) is 2.